The molecule has 31 heavy (non-hydrogen) atoms. The largest absolute Gasteiger partial charge is 0.496 e. The minimum absolute atomic E-state index is 0.00692. The predicted molar refractivity (Wildman–Crippen MR) is 125 cm³/mol. The van der Waals surface area contributed by atoms with Crippen molar-refractivity contribution in [3.05, 3.63) is 51.8 Å². The van der Waals surface area contributed by atoms with Crippen LogP contribution in [0.15, 0.2) is 35.1 Å². The normalized spacial score (nSPS) is 23.6. The van der Waals surface area contributed by atoms with E-state index in [-0.39, 0.29) is 23.5 Å². The Morgan fingerprint density at radius 3 is 2.68 bits per heavy atom. The standard InChI is InChI=1S/C25H29BrN2O3/c1-15-6-11-18(12-23(15)31-2)28-25(30)17-9-7-16(8-10-17)19-4-3-5-20-21(24(19)29)13-27-14-22(20)26/h6,11-14,16-17,19H,3-5,7-10H2,1-2H3,(H,28,30). The summed E-state index contributed by atoms with van der Waals surface area (Å²) in [6.45, 7) is 1.98. The lowest BCUT2D eigenvalue weighted by Gasteiger charge is -2.32. The SMILES string of the molecule is COc1cc(NC(=O)C2CCC(C3CCCc4c(Br)cncc4C3=O)CC2)ccc1C. The molecule has 2 aliphatic carbocycles. The fourth-order valence-corrected chi connectivity index (χ4v) is 5.66. The van der Waals surface area contributed by atoms with Gasteiger partial charge in [-0.2, -0.15) is 0 Å². The maximum atomic E-state index is 13.3. The van der Waals surface area contributed by atoms with Crippen molar-refractivity contribution in [2.75, 3.05) is 12.4 Å². The number of halogens is 1. The number of carbonyl (C=O) groups is 2. The first kappa shape index (κ1) is 22.0. The van der Waals surface area contributed by atoms with Crippen LogP contribution in [-0.4, -0.2) is 23.8 Å². The van der Waals surface area contributed by atoms with E-state index in [2.05, 4.69) is 26.2 Å². The first-order valence-corrected chi connectivity index (χ1v) is 11.9. The molecule has 1 N–H and O–H groups in total. The van der Waals surface area contributed by atoms with Crippen molar-refractivity contribution < 1.29 is 14.3 Å². The third-order valence-corrected chi connectivity index (χ3v) is 7.62. The number of pyridine rings is 1. The molecule has 5 nitrogen and oxygen atoms in total. The van der Waals surface area contributed by atoms with E-state index in [4.69, 9.17) is 4.74 Å². The monoisotopic (exact) mass is 484 g/mol. The number of aryl methyl sites for hydroxylation is 1. The number of hydrogen-bond acceptors (Lipinski definition) is 4. The van der Waals surface area contributed by atoms with Gasteiger partial charge in [-0.1, -0.05) is 6.07 Å². The number of aromatic nitrogens is 1. The second-order valence-electron chi connectivity index (χ2n) is 8.80. The van der Waals surface area contributed by atoms with Gasteiger partial charge in [-0.15, -0.1) is 0 Å². The van der Waals surface area contributed by atoms with E-state index >= 15 is 0 Å². The van der Waals surface area contributed by atoms with E-state index in [0.29, 0.717) is 5.92 Å². The molecule has 2 aromatic rings. The minimum Gasteiger partial charge on any atom is -0.496 e. The molecule has 2 aliphatic rings. The van der Waals surface area contributed by atoms with Crippen molar-refractivity contribution in [3.8, 4) is 5.75 Å². The molecule has 1 heterocycles. The Morgan fingerprint density at radius 1 is 1.16 bits per heavy atom. The summed E-state index contributed by atoms with van der Waals surface area (Å²) in [5.41, 5.74) is 3.69. The third-order valence-electron chi connectivity index (χ3n) is 6.94. The summed E-state index contributed by atoms with van der Waals surface area (Å²) in [7, 11) is 1.64. The van der Waals surface area contributed by atoms with Crippen LogP contribution < -0.4 is 10.1 Å². The summed E-state index contributed by atoms with van der Waals surface area (Å²) in [6.07, 6.45) is 9.85. The lowest BCUT2D eigenvalue weighted by Crippen LogP contribution is -2.32. The van der Waals surface area contributed by atoms with Crippen LogP contribution in [0.2, 0.25) is 0 Å². The van der Waals surface area contributed by atoms with Gasteiger partial charge >= 0.3 is 0 Å². The molecule has 1 atom stereocenters. The molecule has 0 saturated heterocycles. The fraction of sp³-hybridized carbons (Fsp3) is 0.480. The number of nitrogens with one attached hydrogen (secondary N) is 1. The summed E-state index contributed by atoms with van der Waals surface area (Å²) >= 11 is 3.56. The quantitative estimate of drug-likeness (QED) is 0.561. The molecule has 1 saturated carbocycles. The highest BCUT2D eigenvalue weighted by molar-refractivity contribution is 9.10. The van der Waals surface area contributed by atoms with Crippen molar-refractivity contribution in [2.45, 2.75) is 51.9 Å². The van der Waals surface area contributed by atoms with Crippen molar-refractivity contribution in [3.63, 3.8) is 0 Å². The van der Waals surface area contributed by atoms with Crippen LogP contribution in [0.25, 0.3) is 0 Å². The summed E-state index contributed by atoms with van der Waals surface area (Å²) in [5, 5.41) is 3.05. The van der Waals surface area contributed by atoms with E-state index in [1.165, 1.54) is 0 Å². The van der Waals surface area contributed by atoms with Crippen LogP contribution in [0.3, 0.4) is 0 Å². The fourth-order valence-electron chi connectivity index (χ4n) is 5.13. The van der Waals surface area contributed by atoms with E-state index < -0.39 is 0 Å². The van der Waals surface area contributed by atoms with E-state index in [0.717, 1.165) is 77.5 Å². The average molecular weight is 485 g/mol. The number of anilines is 1. The van der Waals surface area contributed by atoms with Gasteiger partial charge in [0.15, 0.2) is 5.78 Å². The van der Waals surface area contributed by atoms with Crippen molar-refractivity contribution in [2.24, 2.45) is 17.8 Å². The number of amides is 1. The molecule has 0 aliphatic heterocycles. The number of nitrogens with zero attached hydrogens (tertiary/aromatic N) is 1. The molecule has 1 aromatic heterocycles. The zero-order valence-electron chi connectivity index (χ0n) is 18.1. The number of benzene rings is 1. The number of rotatable bonds is 4. The highest BCUT2D eigenvalue weighted by Gasteiger charge is 2.36. The van der Waals surface area contributed by atoms with Crippen LogP contribution in [0.4, 0.5) is 5.69 Å². The van der Waals surface area contributed by atoms with Crippen molar-refractivity contribution in [1.29, 1.82) is 0 Å². The molecule has 0 spiro atoms. The number of methoxy groups -OCH3 is 1. The maximum Gasteiger partial charge on any atom is 0.227 e. The molecular weight excluding hydrogens is 456 g/mol. The van der Waals surface area contributed by atoms with Crippen LogP contribution in [-0.2, 0) is 11.2 Å². The van der Waals surface area contributed by atoms with Gasteiger partial charge < -0.3 is 10.1 Å². The van der Waals surface area contributed by atoms with Gasteiger partial charge in [0.2, 0.25) is 5.91 Å². The molecule has 1 unspecified atom stereocenters. The first-order valence-electron chi connectivity index (χ1n) is 11.1. The van der Waals surface area contributed by atoms with Gasteiger partial charge in [-0.3, -0.25) is 14.6 Å². The van der Waals surface area contributed by atoms with Gasteiger partial charge in [0.1, 0.15) is 5.75 Å². The molecule has 4 rings (SSSR count). The topological polar surface area (TPSA) is 68.3 Å². The number of Topliss-reactive ketones (excluding diaryl/α,β-unsaturated/α-hetero) is 1. The number of fused-ring (bicyclic) bond motifs is 1. The highest BCUT2D eigenvalue weighted by atomic mass is 79.9. The molecular formula is C25H29BrN2O3. The van der Waals surface area contributed by atoms with E-state index in [1.807, 2.05) is 25.1 Å². The summed E-state index contributed by atoms with van der Waals surface area (Å²) in [6, 6.07) is 5.73. The van der Waals surface area contributed by atoms with Crippen LogP contribution in [0.1, 0.15) is 60.0 Å². The van der Waals surface area contributed by atoms with Gasteiger partial charge in [-0.05, 0) is 90.9 Å². The van der Waals surface area contributed by atoms with Crippen molar-refractivity contribution >= 4 is 33.3 Å². The van der Waals surface area contributed by atoms with E-state index in [9.17, 15) is 9.59 Å². The molecule has 1 aromatic carbocycles. The van der Waals surface area contributed by atoms with Crippen LogP contribution in [0.5, 0.6) is 5.75 Å². The van der Waals surface area contributed by atoms with Crippen LogP contribution >= 0.6 is 15.9 Å². The van der Waals surface area contributed by atoms with Gasteiger partial charge in [0.25, 0.3) is 0 Å². The Kier molecular flexibility index (Phi) is 6.75. The Balaban J connectivity index is 1.38. The first-order chi connectivity index (χ1) is 15.0. The lowest BCUT2D eigenvalue weighted by atomic mass is 9.72. The van der Waals surface area contributed by atoms with Gasteiger partial charge in [0, 0.05) is 46.0 Å². The minimum atomic E-state index is -0.00692. The smallest absolute Gasteiger partial charge is 0.227 e. The second-order valence-corrected chi connectivity index (χ2v) is 9.65. The van der Waals surface area contributed by atoms with Crippen molar-refractivity contribution in [1.82, 2.24) is 4.98 Å². The predicted octanol–water partition coefficient (Wildman–Crippen LogP) is 5.74. The number of ether oxygens (including phenoxy) is 1. The molecule has 6 heteroatoms. The number of carbonyl (C=O) groups excluding carboxylic acids is 2. The Bertz CT molecular complexity index is 983. The summed E-state index contributed by atoms with van der Waals surface area (Å²) < 4.78 is 6.29. The molecule has 164 valence electrons. The highest BCUT2D eigenvalue weighted by Crippen LogP contribution is 2.40. The maximum absolute atomic E-state index is 13.3. The zero-order valence-corrected chi connectivity index (χ0v) is 19.7. The lowest BCUT2D eigenvalue weighted by molar-refractivity contribution is -0.121. The average Bonchev–Trinajstić information content (AvgIpc) is 2.95. The Morgan fingerprint density at radius 2 is 1.94 bits per heavy atom. The third kappa shape index (κ3) is 4.69. The zero-order chi connectivity index (χ0) is 22.0. The summed E-state index contributed by atoms with van der Waals surface area (Å²) in [4.78, 5) is 30.3. The van der Waals surface area contributed by atoms with Crippen LogP contribution in [0, 0.1) is 24.7 Å². The second kappa shape index (κ2) is 9.51. The Labute approximate surface area is 192 Å². The molecule has 1 amide bonds. The molecule has 0 bridgehead atoms. The summed E-state index contributed by atoms with van der Waals surface area (Å²) in [5.74, 6) is 1.46. The van der Waals surface area contributed by atoms with Gasteiger partial charge in [-0.25, -0.2) is 0 Å². The van der Waals surface area contributed by atoms with Gasteiger partial charge in [0.05, 0.1) is 7.11 Å². The molecule has 1 fully saturated rings. The Hall–Kier alpha value is -2.21. The number of hydrogen-bond donors (Lipinski definition) is 1. The van der Waals surface area contributed by atoms with E-state index in [1.54, 1.807) is 19.5 Å². The number of ketones is 1. The molecule has 0 radical (unpaired) electrons.